The summed E-state index contributed by atoms with van der Waals surface area (Å²) in [6.45, 7) is -0.789. The van der Waals surface area contributed by atoms with Crippen LogP contribution in [-0.4, -0.2) is 49.5 Å². The highest BCUT2D eigenvalue weighted by atomic mass is 16.4. The average Bonchev–Trinajstić information content (AvgIpc) is 2.66. The van der Waals surface area contributed by atoms with E-state index in [0.717, 1.165) is 0 Å². The fourth-order valence-electron chi connectivity index (χ4n) is 0.887. The second kappa shape index (κ2) is 5.05. The summed E-state index contributed by atoms with van der Waals surface area (Å²) in [5, 5.41) is 23.0. The van der Waals surface area contributed by atoms with E-state index in [1.807, 2.05) is 0 Å². The third-order valence-electron chi connectivity index (χ3n) is 1.59. The number of aromatic nitrogens is 3. The van der Waals surface area contributed by atoms with Gasteiger partial charge in [-0.1, -0.05) is 0 Å². The van der Waals surface area contributed by atoms with E-state index in [1.54, 1.807) is 0 Å². The van der Waals surface area contributed by atoms with Gasteiger partial charge in [-0.05, 0) is 0 Å². The summed E-state index contributed by atoms with van der Waals surface area (Å²) >= 11 is 0. The summed E-state index contributed by atoms with van der Waals surface area (Å²) in [6.07, 6.45) is 2.59. The molecule has 8 nitrogen and oxygen atoms in total. The molecular formula is C7H10N4O4. The summed E-state index contributed by atoms with van der Waals surface area (Å²) in [6, 6.07) is -1.29. The molecule has 1 heterocycles. The van der Waals surface area contributed by atoms with E-state index in [2.05, 4.69) is 15.4 Å². The Morgan fingerprint density at radius 3 is 2.73 bits per heavy atom. The molecule has 0 aromatic carbocycles. The number of carbonyl (C=O) groups excluding carboxylic acids is 1. The number of nitrogens with zero attached hydrogens (tertiary/aromatic N) is 3. The monoisotopic (exact) mass is 214 g/mol. The lowest BCUT2D eigenvalue weighted by Crippen LogP contribution is -2.44. The standard InChI is InChI=1S/C7H10N4O4/c12-2-5(7(14)15)10-6(13)1-11-4-8-3-9-11/h3-5,12H,1-2H2,(H,10,13)(H,14,15)/t5-/m0/s1. The minimum absolute atomic E-state index is 0.135. The Morgan fingerprint density at radius 2 is 2.27 bits per heavy atom. The van der Waals surface area contributed by atoms with Crippen molar-refractivity contribution in [2.24, 2.45) is 0 Å². The number of rotatable bonds is 5. The van der Waals surface area contributed by atoms with Gasteiger partial charge in [-0.3, -0.25) is 4.79 Å². The third-order valence-corrected chi connectivity index (χ3v) is 1.59. The fraction of sp³-hybridized carbons (Fsp3) is 0.429. The zero-order valence-electron chi connectivity index (χ0n) is 7.70. The number of carboxylic acids is 1. The normalized spacial score (nSPS) is 12.1. The van der Waals surface area contributed by atoms with Crippen molar-refractivity contribution in [2.75, 3.05) is 6.61 Å². The molecule has 1 amide bonds. The van der Waals surface area contributed by atoms with Crippen LogP contribution in [0.5, 0.6) is 0 Å². The van der Waals surface area contributed by atoms with Gasteiger partial charge in [0.05, 0.1) is 6.61 Å². The zero-order chi connectivity index (χ0) is 11.3. The Hall–Kier alpha value is -1.96. The van der Waals surface area contributed by atoms with Crippen LogP contribution in [0.4, 0.5) is 0 Å². The van der Waals surface area contributed by atoms with Gasteiger partial charge in [0.2, 0.25) is 5.91 Å². The van der Waals surface area contributed by atoms with Crippen LogP contribution in [0.15, 0.2) is 12.7 Å². The second-order valence-corrected chi connectivity index (χ2v) is 2.73. The van der Waals surface area contributed by atoms with Gasteiger partial charge in [-0.25, -0.2) is 14.5 Å². The van der Waals surface area contributed by atoms with Crippen LogP contribution in [-0.2, 0) is 16.1 Å². The molecular weight excluding hydrogens is 204 g/mol. The van der Waals surface area contributed by atoms with E-state index in [1.165, 1.54) is 17.3 Å². The van der Waals surface area contributed by atoms with Crippen LogP contribution >= 0.6 is 0 Å². The molecule has 15 heavy (non-hydrogen) atoms. The van der Waals surface area contributed by atoms with Crippen LogP contribution in [0.2, 0.25) is 0 Å². The Morgan fingerprint density at radius 1 is 1.53 bits per heavy atom. The van der Waals surface area contributed by atoms with Crippen LogP contribution in [0.1, 0.15) is 0 Å². The molecule has 1 rings (SSSR count). The Balaban J connectivity index is 2.45. The summed E-state index contributed by atoms with van der Waals surface area (Å²) in [4.78, 5) is 25.3. The Kier molecular flexibility index (Phi) is 3.75. The molecule has 0 unspecified atom stereocenters. The van der Waals surface area contributed by atoms with Gasteiger partial charge in [0.15, 0.2) is 0 Å². The first-order chi connectivity index (χ1) is 7.13. The highest BCUT2D eigenvalue weighted by molar-refractivity contribution is 5.83. The second-order valence-electron chi connectivity index (χ2n) is 2.73. The minimum atomic E-state index is -1.29. The molecule has 1 aromatic rings. The summed E-state index contributed by atoms with van der Waals surface area (Å²) in [7, 11) is 0. The topological polar surface area (TPSA) is 117 Å². The summed E-state index contributed by atoms with van der Waals surface area (Å²) in [5.74, 6) is -1.84. The van der Waals surface area contributed by atoms with Crippen molar-refractivity contribution in [3.63, 3.8) is 0 Å². The van der Waals surface area contributed by atoms with Crippen molar-refractivity contribution in [3.05, 3.63) is 12.7 Å². The molecule has 3 N–H and O–H groups in total. The average molecular weight is 214 g/mol. The lowest BCUT2D eigenvalue weighted by molar-refractivity contribution is -0.143. The lowest BCUT2D eigenvalue weighted by Gasteiger charge is -2.10. The van der Waals surface area contributed by atoms with Crippen molar-refractivity contribution < 1.29 is 19.8 Å². The summed E-state index contributed by atoms with van der Waals surface area (Å²) < 4.78 is 1.24. The van der Waals surface area contributed by atoms with Gasteiger partial charge < -0.3 is 15.5 Å². The van der Waals surface area contributed by atoms with E-state index >= 15 is 0 Å². The first kappa shape index (κ1) is 11.1. The molecule has 0 saturated carbocycles. The smallest absolute Gasteiger partial charge is 0.328 e. The van der Waals surface area contributed by atoms with Crippen molar-refractivity contribution >= 4 is 11.9 Å². The van der Waals surface area contributed by atoms with E-state index in [9.17, 15) is 9.59 Å². The number of carboxylic acid groups (broad SMARTS) is 1. The van der Waals surface area contributed by atoms with E-state index in [-0.39, 0.29) is 6.54 Å². The number of amides is 1. The largest absolute Gasteiger partial charge is 0.480 e. The number of aliphatic hydroxyl groups is 1. The van der Waals surface area contributed by atoms with Gasteiger partial charge in [-0.15, -0.1) is 0 Å². The Bertz CT molecular complexity index is 337. The zero-order valence-corrected chi connectivity index (χ0v) is 7.70. The maximum Gasteiger partial charge on any atom is 0.328 e. The van der Waals surface area contributed by atoms with Crippen molar-refractivity contribution in [1.82, 2.24) is 20.1 Å². The highest BCUT2D eigenvalue weighted by Gasteiger charge is 2.18. The molecule has 0 saturated heterocycles. The SMILES string of the molecule is O=C(Cn1cncn1)N[C@@H](CO)C(=O)O. The molecule has 0 aliphatic carbocycles. The van der Waals surface area contributed by atoms with Gasteiger partial charge in [0, 0.05) is 0 Å². The molecule has 82 valence electrons. The molecule has 0 bridgehead atoms. The fourth-order valence-corrected chi connectivity index (χ4v) is 0.887. The van der Waals surface area contributed by atoms with Crippen molar-refractivity contribution in [3.8, 4) is 0 Å². The number of nitrogens with one attached hydrogen (secondary N) is 1. The maximum absolute atomic E-state index is 11.2. The van der Waals surface area contributed by atoms with Crippen LogP contribution < -0.4 is 5.32 Å². The Labute approximate surface area is 84.5 Å². The molecule has 1 aromatic heterocycles. The molecule has 0 spiro atoms. The van der Waals surface area contributed by atoms with E-state index < -0.39 is 24.5 Å². The predicted molar refractivity (Wildman–Crippen MR) is 46.7 cm³/mol. The number of aliphatic carboxylic acids is 1. The maximum atomic E-state index is 11.2. The van der Waals surface area contributed by atoms with Gasteiger partial charge in [0.25, 0.3) is 0 Å². The first-order valence-electron chi connectivity index (χ1n) is 4.09. The molecule has 0 aliphatic rings. The number of aliphatic hydroxyl groups excluding tert-OH is 1. The number of carbonyl (C=O) groups is 2. The minimum Gasteiger partial charge on any atom is -0.480 e. The van der Waals surface area contributed by atoms with Gasteiger partial charge in [0.1, 0.15) is 25.2 Å². The van der Waals surface area contributed by atoms with Gasteiger partial charge >= 0.3 is 5.97 Å². The molecule has 0 fully saturated rings. The number of hydrogen-bond acceptors (Lipinski definition) is 5. The van der Waals surface area contributed by atoms with Gasteiger partial charge in [-0.2, -0.15) is 5.10 Å². The predicted octanol–water partition coefficient (Wildman–Crippen LogP) is -2.16. The molecule has 8 heteroatoms. The highest BCUT2D eigenvalue weighted by Crippen LogP contribution is 1.85. The van der Waals surface area contributed by atoms with Crippen LogP contribution in [0, 0.1) is 0 Å². The van der Waals surface area contributed by atoms with E-state index in [4.69, 9.17) is 10.2 Å². The van der Waals surface area contributed by atoms with Crippen molar-refractivity contribution in [1.29, 1.82) is 0 Å². The molecule has 0 radical (unpaired) electrons. The van der Waals surface area contributed by atoms with Crippen LogP contribution in [0.25, 0.3) is 0 Å². The van der Waals surface area contributed by atoms with E-state index in [0.29, 0.717) is 0 Å². The first-order valence-corrected chi connectivity index (χ1v) is 4.09. The van der Waals surface area contributed by atoms with Crippen LogP contribution in [0.3, 0.4) is 0 Å². The quantitative estimate of drug-likeness (QED) is 0.514. The molecule has 0 aliphatic heterocycles. The van der Waals surface area contributed by atoms with Crippen molar-refractivity contribution in [2.45, 2.75) is 12.6 Å². The third kappa shape index (κ3) is 3.35. The molecule has 1 atom stereocenters. The summed E-state index contributed by atoms with van der Waals surface area (Å²) in [5.41, 5.74) is 0. The lowest BCUT2D eigenvalue weighted by atomic mass is 10.3. The number of hydrogen-bond donors (Lipinski definition) is 3.